The van der Waals surface area contributed by atoms with Crippen molar-refractivity contribution in [3.8, 4) is 0 Å². The van der Waals surface area contributed by atoms with Crippen LogP contribution in [0.25, 0.3) is 0 Å². The van der Waals surface area contributed by atoms with Gasteiger partial charge in [-0.15, -0.1) is 0 Å². The van der Waals surface area contributed by atoms with E-state index in [1.807, 2.05) is 0 Å². The number of esters is 1. The minimum atomic E-state index is -0.440. The molecule has 78 valence electrons. The number of imide groups is 1. The van der Waals surface area contributed by atoms with Crippen LogP contribution in [0, 0.1) is 0 Å². The maximum Gasteiger partial charge on any atom is 0.324 e. The number of hydrogen-bond acceptors (Lipinski definition) is 4. The molecule has 0 spiro atoms. The summed E-state index contributed by atoms with van der Waals surface area (Å²) in [5.41, 5.74) is 0. The zero-order chi connectivity index (χ0) is 10.6. The number of carbonyl (C=O) groups is 3. The highest BCUT2D eigenvalue weighted by molar-refractivity contribution is 5.96. The number of urea groups is 1. The monoisotopic (exact) mass is 200 g/mol. The molecular formula is C8H12N2O4. The van der Waals surface area contributed by atoms with E-state index in [2.05, 4.69) is 10.1 Å². The molecule has 0 atom stereocenters. The Morgan fingerprint density at radius 3 is 2.86 bits per heavy atom. The molecule has 0 aromatic heterocycles. The van der Waals surface area contributed by atoms with E-state index < -0.39 is 6.03 Å². The third-order valence-electron chi connectivity index (χ3n) is 1.96. The van der Waals surface area contributed by atoms with Crippen LogP contribution in [0.4, 0.5) is 4.79 Å². The highest BCUT2D eigenvalue weighted by atomic mass is 16.5. The minimum absolute atomic E-state index is 0.151. The Morgan fingerprint density at radius 2 is 2.29 bits per heavy atom. The van der Waals surface area contributed by atoms with Gasteiger partial charge in [0.15, 0.2) is 0 Å². The van der Waals surface area contributed by atoms with E-state index in [-0.39, 0.29) is 31.3 Å². The molecule has 1 fully saturated rings. The molecule has 14 heavy (non-hydrogen) atoms. The molecule has 3 amide bonds. The molecule has 0 unspecified atom stereocenters. The fourth-order valence-corrected chi connectivity index (χ4v) is 1.14. The normalized spacial score (nSPS) is 16.5. The molecule has 1 aliphatic rings. The van der Waals surface area contributed by atoms with Crippen LogP contribution >= 0.6 is 0 Å². The molecule has 6 nitrogen and oxygen atoms in total. The smallest absolute Gasteiger partial charge is 0.324 e. The van der Waals surface area contributed by atoms with E-state index in [1.165, 1.54) is 12.0 Å². The lowest BCUT2D eigenvalue weighted by Gasteiger charge is -2.25. The molecular weight excluding hydrogens is 188 g/mol. The maximum atomic E-state index is 11.1. The Labute approximate surface area is 81.2 Å². The van der Waals surface area contributed by atoms with E-state index in [0.717, 1.165) is 0 Å². The lowest BCUT2D eigenvalue weighted by molar-refractivity contribution is -0.140. The van der Waals surface area contributed by atoms with Gasteiger partial charge in [0.2, 0.25) is 5.91 Å². The largest absolute Gasteiger partial charge is 0.469 e. The SMILES string of the molecule is COC(=O)CCN1CCC(=O)NC1=O. The van der Waals surface area contributed by atoms with Crippen molar-refractivity contribution >= 4 is 17.9 Å². The number of methoxy groups -OCH3 is 1. The Balaban J connectivity index is 2.34. The molecule has 0 radical (unpaired) electrons. The Kier molecular flexibility index (Phi) is 3.44. The third-order valence-corrected chi connectivity index (χ3v) is 1.96. The quantitative estimate of drug-likeness (QED) is 0.622. The number of ether oxygens (including phenoxy) is 1. The second kappa shape index (κ2) is 4.59. The van der Waals surface area contributed by atoms with E-state index in [1.54, 1.807) is 0 Å². The van der Waals surface area contributed by atoms with Crippen molar-refractivity contribution in [2.45, 2.75) is 12.8 Å². The van der Waals surface area contributed by atoms with Crippen molar-refractivity contribution in [1.29, 1.82) is 0 Å². The Hall–Kier alpha value is -1.59. The van der Waals surface area contributed by atoms with E-state index in [0.29, 0.717) is 6.54 Å². The highest BCUT2D eigenvalue weighted by Crippen LogP contribution is 2.01. The fraction of sp³-hybridized carbons (Fsp3) is 0.625. The van der Waals surface area contributed by atoms with Gasteiger partial charge in [-0.3, -0.25) is 14.9 Å². The molecule has 0 bridgehead atoms. The molecule has 1 N–H and O–H groups in total. The summed E-state index contributed by atoms with van der Waals surface area (Å²) in [5.74, 6) is -0.640. The summed E-state index contributed by atoms with van der Waals surface area (Å²) >= 11 is 0. The zero-order valence-corrected chi connectivity index (χ0v) is 7.91. The summed E-state index contributed by atoms with van der Waals surface area (Å²) in [5, 5.41) is 2.17. The standard InChI is InChI=1S/C8H12N2O4/c1-14-7(12)3-5-10-4-2-6(11)9-8(10)13/h2-5H2,1H3,(H,9,11,13). The van der Waals surface area contributed by atoms with Crippen molar-refractivity contribution in [1.82, 2.24) is 10.2 Å². The highest BCUT2D eigenvalue weighted by Gasteiger charge is 2.22. The average Bonchev–Trinajstić information content (AvgIpc) is 2.16. The summed E-state index contributed by atoms with van der Waals surface area (Å²) in [6.07, 6.45) is 0.436. The first kappa shape index (κ1) is 10.5. The van der Waals surface area contributed by atoms with Gasteiger partial charge in [-0.1, -0.05) is 0 Å². The summed E-state index contributed by atoms with van der Waals surface area (Å²) in [4.78, 5) is 34.1. The number of nitrogens with one attached hydrogen (secondary N) is 1. The van der Waals surface area contributed by atoms with Crippen LogP contribution in [-0.4, -0.2) is 43.0 Å². The summed E-state index contributed by atoms with van der Waals surface area (Å²) in [6.45, 7) is 0.646. The number of carbonyl (C=O) groups excluding carboxylic acids is 3. The molecule has 0 aromatic rings. The average molecular weight is 200 g/mol. The second-order valence-electron chi connectivity index (χ2n) is 2.92. The van der Waals surface area contributed by atoms with Gasteiger partial charge in [-0.05, 0) is 0 Å². The van der Waals surface area contributed by atoms with Crippen LogP contribution in [0.1, 0.15) is 12.8 Å². The minimum Gasteiger partial charge on any atom is -0.469 e. The van der Waals surface area contributed by atoms with Crippen molar-refractivity contribution < 1.29 is 19.1 Å². The van der Waals surface area contributed by atoms with Gasteiger partial charge < -0.3 is 9.64 Å². The van der Waals surface area contributed by atoms with Gasteiger partial charge in [0.25, 0.3) is 0 Å². The van der Waals surface area contributed by atoms with Gasteiger partial charge >= 0.3 is 12.0 Å². The van der Waals surface area contributed by atoms with Crippen molar-refractivity contribution in [2.75, 3.05) is 20.2 Å². The lowest BCUT2D eigenvalue weighted by atomic mass is 10.3. The maximum absolute atomic E-state index is 11.1. The van der Waals surface area contributed by atoms with Crippen molar-refractivity contribution in [3.05, 3.63) is 0 Å². The van der Waals surface area contributed by atoms with Gasteiger partial charge in [0.05, 0.1) is 13.5 Å². The molecule has 6 heteroatoms. The second-order valence-corrected chi connectivity index (χ2v) is 2.92. The number of amides is 3. The number of rotatable bonds is 3. The van der Waals surface area contributed by atoms with E-state index >= 15 is 0 Å². The molecule has 1 heterocycles. The molecule has 1 aliphatic heterocycles. The van der Waals surface area contributed by atoms with Gasteiger partial charge in [0, 0.05) is 19.5 Å². The van der Waals surface area contributed by atoms with Crippen molar-refractivity contribution in [2.24, 2.45) is 0 Å². The Bertz CT molecular complexity index is 264. The van der Waals surface area contributed by atoms with Gasteiger partial charge in [-0.25, -0.2) is 4.79 Å². The van der Waals surface area contributed by atoms with Gasteiger partial charge in [-0.2, -0.15) is 0 Å². The van der Waals surface area contributed by atoms with Crippen LogP contribution in [0.3, 0.4) is 0 Å². The predicted molar refractivity (Wildman–Crippen MR) is 46.4 cm³/mol. The van der Waals surface area contributed by atoms with E-state index in [4.69, 9.17) is 0 Å². The zero-order valence-electron chi connectivity index (χ0n) is 7.91. The molecule has 0 aromatic carbocycles. The van der Waals surface area contributed by atoms with Crippen LogP contribution in [-0.2, 0) is 14.3 Å². The van der Waals surface area contributed by atoms with Gasteiger partial charge in [0.1, 0.15) is 0 Å². The summed E-state index contributed by atoms with van der Waals surface area (Å²) in [6, 6.07) is -0.440. The fourth-order valence-electron chi connectivity index (χ4n) is 1.14. The van der Waals surface area contributed by atoms with Crippen molar-refractivity contribution in [3.63, 3.8) is 0 Å². The summed E-state index contributed by atoms with van der Waals surface area (Å²) < 4.78 is 4.43. The van der Waals surface area contributed by atoms with E-state index in [9.17, 15) is 14.4 Å². The first-order valence-corrected chi connectivity index (χ1v) is 4.29. The molecule has 0 aliphatic carbocycles. The van der Waals surface area contributed by atoms with Crippen LogP contribution < -0.4 is 5.32 Å². The van der Waals surface area contributed by atoms with Crippen LogP contribution in [0.2, 0.25) is 0 Å². The predicted octanol–water partition coefficient (Wildman–Crippen LogP) is -0.509. The number of hydrogen-bond donors (Lipinski definition) is 1. The first-order valence-electron chi connectivity index (χ1n) is 4.29. The van der Waals surface area contributed by atoms with Crippen LogP contribution in [0.15, 0.2) is 0 Å². The molecule has 1 saturated heterocycles. The number of nitrogens with zero attached hydrogens (tertiary/aromatic N) is 1. The molecule has 0 saturated carbocycles. The summed E-state index contributed by atoms with van der Waals surface area (Å²) in [7, 11) is 1.29. The molecule has 1 rings (SSSR count). The topological polar surface area (TPSA) is 75.7 Å². The van der Waals surface area contributed by atoms with Crippen LogP contribution in [0.5, 0.6) is 0 Å². The Morgan fingerprint density at radius 1 is 1.57 bits per heavy atom. The lowest BCUT2D eigenvalue weighted by Crippen LogP contribution is -2.49. The first-order chi connectivity index (χ1) is 6.63. The third kappa shape index (κ3) is 2.72.